The SMILES string of the molecule is COc1ccc(-c2cnc([C@@H]3COCCN3C3CCN(C)CC3)[nH]2)cc1. The number of piperidine rings is 1. The van der Waals surface area contributed by atoms with Crippen molar-refractivity contribution in [2.24, 2.45) is 0 Å². The Morgan fingerprint density at radius 1 is 1.15 bits per heavy atom. The average molecular weight is 356 g/mol. The van der Waals surface area contributed by atoms with E-state index in [1.165, 1.54) is 25.9 Å². The summed E-state index contributed by atoms with van der Waals surface area (Å²) in [5, 5.41) is 0. The molecule has 26 heavy (non-hydrogen) atoms. The number of nitrogens with zero attached hydrogens (tertiary/aromatic N) is 3. The smallest absolute Gasteiger partial charge is 0.126 e. The monoisotopic (exact) mass is 356 g/mol. The highest BCUT2D eigenvalue weighted by Gasteiger charge is 2.33. The van der Waals surface area contributed by atoms with Crippen molar-refractivity contribution < 1.29 is 9.47 Å². The molecule has 0 bridgehead atoms. The summed E-state index contributed by atoms with van der Waals surface area (Å²) in [6.07, 6.45) is 4.37. The van der Waals surface area contributed by atoms with Crippen LogP contribution in [0, 0.1) is 0 Å². The molecule has 1 aromatic heterocycles. The van der Waals surface area contributed by atoms with E-state index in [0.29, 0.717) is 12.6 Å². The Morgan fingerprint density at radius 2 is 1.92 bits per heavy atom. The molecule has 1 N–H and O–H groups in total. The molecule has 2 saturated heterocycles. The van der Waals surface area contributed by atoms with Crippen molar-refractivity contribution in [2.75, 3.05) is 47.0 Å². The fourth-order valence-electron chi connectivity index (χ4n) is 4.04. The molecule has 2 aliphatic heterocycles. The molecule has 2 aromatic rings. The first kappa shape index (κ1) is 17.5. The van der Waals surface area contributed by atoms with Crippen molar-refractivity contribution in [3.05, 3.63) is 36.3 Å². The number of hydrogen-bond donors (Lipinski definition) is 1. The van der Waals surface area contributed by atoms with E-state index in [0.717, 1.165) is 36.0 Å². The van der Waals surface area contributed by atoms with Gasteiger partial charge in [-0.2, -0.15) is 0 Å². The third-order valence-electron chi connectivity index (χ3n) is 5.64. The molecule has 6 nitrogen and oxygen atoms in total. The highest BCUT2D eigenvalue weighted by molar-refractivity contribution is 5.59. The highest BCUT2D eigenvalue weighted by Crippen LogP contribution is 2.30. The van der Waals surface area contributed by atoms with Crippen molar-refractivity contribution in [1.29, 1.82) is 0 Å². The van der Waals surface area contributed by atoms with Crippen LogP contribution in [0.4, 0.5) is 0 Å². The molecule has 0 amide bonds. The normalized spacial score (nSPS) is 23.2. The molecule has 0 spiro atoms. The van der Waals surface area contributed by atoms with Crippen LogP contribution < -0.4 is 4.74 Å². The molecule has 0 radical (unpaired) electrons. The maximum Gasteiger partial charge on any atom is 0.126 e. The predicted octanol–water partition coefficient (Wildman–Crippen LogP) is 2.55. The predicted molar refractivity (Wildman–Crippen MR) is 101 cm³/mol. The molecule has 0 aliphatic carbocycles. The summed E-state index contributed by atoms with van der Waals surface area (Å²) in [5.41, 5.74) is 2.16. The summed E-state index contributed by atoms with van der Waals surface area (Å²) >= 11 is 0. The van der Waals surface area contributed by atoms with Crippen molar-refractivity contribution in [1.82, 2.24) is 19.8 Å². The molecule has 2 aliphatic rings. The Balaban J connectivity index is 1.52. The molecular formula is C20H28N4O2. The van der Waals surface area contributed by atoms with E-state index in [4.69, 9.17) is 14.5 Å². The van der Waals surface area contributed by atoms with Crippen LogP contribution in [0.15, 0.2) is 30.5 Å². The molecule has 0 unspecified atom stereocenters. The van der Waals surface area contributed by atoms with Gasteiger partial charge in [-0.25, -0.2) is 4.98 Å². The van der Waals surface area contributed by atoms with Crippen LogP contribution in [0.1, 0.15) is 24.7 Å². The largest absolute Gasteiger partial charge is 0.497 e. The number of ether oxygens (including phenoxy) is 2. The minimum Gasteiger partial charge on any atom is -0.497 e. The molecule has 3 heterocycles. The zero-order valence-electron chi connectivity index (χ0n) is 15.6. The summed E-state index contributed by atoms with van der Waals surface area (Å²) in [4.78, 5) is 13.3. The second-order valence-electron chi connectivity index (χ2n) is 7.27. The molecule has 1 atom stereocenters. The van der Waals surface area contributed by atoms with Gasteiger partial charge < -0.3 is 19.4 Å². The lowest BCUT2D eigenvalue weighted by Gasteiger charge is -2.43. The van der Waals surface area contributed by atoms with E-state index in [-0.39, 0.29) is 6.04 Å². The molecule has 4 rings (SSSR count). The van der Waals surface area contributed by atoms with Gasteiger partial charge >= 0.3 is 0 Å². The van der Waals surface area contributed by atoms with Gasteiger partial charge in [0, 0.05) is 12.6 Å². The first-order valence-corrected chi connectivity index (χ1v) is 9.46. The van der Waals surface area contributed by atoms with E-state index in [9.17, 15) is 0 Å². The zero-order chi connectivity index (χ0) is 17.9. The summed E-state index contributed by atoms with van der Waals surface area (Å²) in [6, 6.07) is 8.90. The number of nitrogens with one attached hydrogen (secondary N) is 1. The number of aromatic amines is 1. The molecule has 140 valence electrons. The van der Waals surface area contributed by atoms with Gasteiger partial charge in [0.15, 0.2) is 0 Å². The third kappa shape index (κ3) is 3.63. The van der Waals surface area contributed by atoms with Crippen LogP contribution in [0.2, 0.25) is 0 Å². The summed E-state index contributed by atoms with van der Waals surface area (Å²) in [5.74, 6) is 1.87. The fourth-order valence-corrected chi connectivity index (χ4v) is 4.04. The number of rotatable bonds is 4. The van der Waals surface area contributed by atoms with E-state index >= 15 is 0 Å². The van der Waals surface area contributed by atoms with E-state index in [2.05, 4.69) is 34.0 Å². The molecule has 2 fully saturated rings. The lowest BCUT2D eigenvalue weighted by Crippen LogP contribution is -2.50. The Morgan fingerprint density at radius 3 is 2.65 bits per heavy atom. The van der Waals surface area contributed by atoms with Gasteiger partial charge in [0.25, 0.3) is 0 Å². The molecular weight excluding hydrogens is 328 g/mol. The van der Waals surface area contributed by atoms with Gasteiger partial charge in [0.05, 0.1) is 38.3 Å². The minimum atomic E-state index is 0.212. The Bertz CT molecular complexity index is 707. The van der Waals surface area contributed by atoms with Gasteiger partial charge in [-0.15, -0.1) is 0 Å². The summed E-state index contributed by atoms with van der Waals surface area (Å²) in [7, 11) is 3.89. The van der Waals surface area contributed by atoms with Gasteiger partial charge in [-0.05, 0) is 62.8 Å². The number of H-pyrrole nitrogens is 1. The van der Waals surface area contributed by atoms with Crippen molar-refractivity contribution in [3.8, 4) is 17.0 Å². The lowest BCUT2D eigenvalue weighted by molar-refractivity contribution is -0.0441. The van der Waals surface area contributed by atoms with Crippen LogP contribution in [0.3, 0.4) is 0 Å². The first-order valence-electron chi connectivity index (χ1n) is 9.46. The number of benzene rings is 1. The van der Waals surface area contributed by atoms with Crippen molar-refractivity contribution in [2.45, 2.75) is 24.9 Å². The molecule has 0 saturated carbocycles. The number of methoxy groups -OCH3 is 1. The van der Waals surface area contributed by atoms with Crippen LogP contribution in [0.25, 0.3) is 11.3 Å². The highest BCUT2D eigenvalue weighted by atomic mass is 16.5. The quantitative estimate of drug-likeness (QED) is 0.912. The number of hydrogen-bond acceptors (Lipinski definition) is 5. The number of morpholine rings is 1. The molecule has 6 heteroatoms. The average Bonchev–Trinajstić information content (AvgIpc) is 3.19. The van der Waals surface area contributed by atoms with E-state index in [1.54, 1.807) is 7.11 Å². The molecule has 1 aromatic carbocycles. The summed E-state index contributed by atoms with van der Waals surface area (Å²) in [6.45, 7) is 4.85. The second-order valence-corrected chi connectivity index (χ2v) is 7.27. The van der Waals surface area contributed by atoms with Gasteiger partial charge in [0.2, 0.25) is 0 Å². The van der Waals surface area contributed by atoms with Crippen LogP contribution in [-0.2, 0) is 4.74 Å². The maximum atomic E-state index is 5.80. The Kier molecular flexibility index (Phi) is 5.24. The number of imidazole rings is 1. The van der Waals surface area contributed by atoms with Gasteiger partial charge in [-0.3, -0.25) is 4.90 Å². The minimum absolute atomic E-state index is 0.212. The van der Waals surface area contributed by atoms with Crippen LogP contribution in [0.5, 0.6) is 5.75 Å². The third-order valence-corrected chi connectivity index (χ3v) is 5.64. The van der Waals surface area contributed by atoms with Crippen molar-refractivity contribution in [3.63, 3.8) is 0 Å². The number of aromatic nitrogens is 2. The first-order chi connectivity index (χ1) is 12.7. The number of likely N-dealkylation sites (tertiary alicyclic amines) is 1. The Hall–Kier alpha value is -1.89. The second kappa shape index (κ2) is 7.78. The van der Waals surface area contributed by atoms with E-state index < -0.39 is 0 Å². The van der Waals surface area contributed by atoms with Crippen molar-refractivity contribution >= 4 is 0 Å². The van der Waals surface area contributed by atoms with Crippen LogP contribution in [-0.4, -0.2) is 72.8 Å². The fraction of sp³-hybridized carbons (Fsp3) is 0.550. The zero-order valence-corrected chi connectivity index (χ0v) is 15.6. The van der Waals surface area contributed by atoms with Gasteiger partial charge in [-0.1, -0.05) is 0 Å². The standard InChI is InChI=1S/C20H28N4O2/c1-23-9-7-16(8-10-23)24-11-12-26-14-19(24)20-21-13-18(22-20)15-3-5-17(25-2)6-4-15/h3-6,13,16,19H,7-12,14H2,1-2H3,(H,21,22)/t19-/m0/s1. The van der Waals surface area contributed by atoms with Gasteiger partial charge in [0.1, 0.15) is 11.6 Å². The Labute approximate surface area is 155 Å². The summed E-state index contributed by atoms with van der Waals surface area (Å²) < 4.78 is 11.0. The van der Waals surface area contributed by atoms with Crippen LogP contribution >= 0.6 is 0 Å². The topological polar surface area (TPSA) is 53.6 Å². The lowest BCUT2D eigenvalue weighted by atomic mass is 10.0. The van der Waals surface area contributed by atoms with E-state index in [1.807, 2.05) is 18.3 Å². The maximum absolute atomic E-state index is 5.80.